The number of halogens is 2. The summed E-state index contributed by atoms with van der Waals surface area (Å²) < 4.78 is 29.3. The summed E-state index contributed by atoms with van der Waals surface area (Å²) in [5.74, 6) is 0.548. The lowest BCUT2D eigenvalue weighted by atomic mass is 10.1. The Hall–Kier alpha value is -3.09. The van der Waals surface area contributed by atoms with Crippen molar-refractivity contribution >= 4 is 11.6 Å². The van der Waals surface area contributed by atoms with Crippen LogP contribution < -0.4 is 5.32 Å². The maximum Gasteiger partial charge on any atom is 0.224 e. The first kappa shape index (κ1) is 20.2. The quantitative estimate of drug-likeness (QED) is 0.655. The zero-order valence-electron chi connectivity index (χ0n) is 16.9. The molecule has 156 valence electrons. The van der Waals surface area contributed by atoms with Crippen molar-refractivity contribution in [1.82, 2.24) is 14.8 Å². The molecule has 2 aromatic carbocycles. The van der Waals surface area contributed by atoms with Crippen LogP contribution in [0.3, 0.4) is 0 Å². The van der Waals surface area contributed by atoms with Gasteiger partial charge in [0.2, 0.25) is 5.91 Å². The highest BCUT2D eigenvalue weighted by atomic mass is 19.1. The molecule has 2 heterocycles. The van der Waals surface area contributed by atoms with Gasteiger partial charge in [-0.2, -0.15) is 0 Å². The SMILES string of the molecule is Cc1ccc(-c2nnc3n2CCCCC3)cc1NC(=O)CCc1cc(F)ccc1F. The molecule has 0 spiro atoms. The Kier molecular flexibility index (Phi) is 5.88. The van der Waals surface area contributed by atoms with E-state index < -0.39 is 11.6 Å². The van der Waals surface area contributed by atoms with E-state index in [-0.39, 0.29) is 24.3 Å². The fraction of sp³-hybridized carbons (Fsp3) is 0.348. The molecule has 0 aliphatic carbocycles. The molecule has 7 heteroatoms. The minimum atomic E-state index is -0.511. The highest BCUT2D eigenvalue weighted by Crippen LogP contribution is 2.27. The number of hydrogen-bond donors (Lipinski definition) is 1. The van der Waals surface area contributed by atoms with Crippen LogP contribution in [0.25, 0.3) is 11.4 Å². The van der Waals surface area contributed by atoms with E-state index in [9.17, 15) is 13.6 Å². The number of nitrogens with one attached hydrogen (secondary N) is 1. The van der Waals surface area contributed by atoms with E-state index in [0.29, 0.717) is 5.69 Å². The number of aryl methyl sites for hydroxylation is 3. The second-order valence-corrected chi connectivity index (χ2v) is 7.72. The van der Waals surface area contributed by atoms with E-state index in [4.69, 9.17) is 0 Å². The first-order chi connectivity index (χ1) is 14.5. The van der Waals surface area contributed by atoms with Gasteiger partial charge in [-0.15, -0.1) is 10.2 Å². The van der Waals surface area contributed by atoms with Gasteiger partial charge in [-0.05, 0) is 61.6 Å². The van der Waals surface area contributed by atoms with Crippen molar-refractivity contribution < 1.29 is 13.6 Å². The third-order valence-electron chi connectivity index (χ3n) is 5.51. The van der Waals surface area contributed by atoms with E-state index in [0.717, 1.165) is 66.8 Å². The average Bonchev–Trinajstić information content (AvgIpc) is 2.98. The largest absolute Gasteiger partial charge is 0.326 e. The maximum atomic E-state index is 13.8. The number of hydrogen-bond acceptors (Lipinski definition) is 3. The van der Waals surface area contributed by atoms with Gasteiger partial charge in [0.1, 0.15) is 17.5 Å². The molecular formula is C23H24F2N4O. The lowest BCUT2D eigenvalue weighted by molar-refractivity contribution is -0.116. The number of fused-ring (bicyclic) bond motifs is 1. The third-order valence-corrected chi connectivity index (χ3v) is 5.51. The maximum absolute atomic E-state index is 13.8. The number of amides is 1. The summed E-state index contributed by atoms with van der Waals surface area (Å²) in [7, 11) is 0. The van der Waals surface area contributed by atoms with Crippen LogP contribution in [0.15, 0.2) is 36.4 Å². The van der Waals surface area contributed by atoms with Gasteiger partial charge in [-0.3, -0.25) is 4.79 Å². The molecule has 1 aliphatic heterocycles. The fourth-order valence-corrected chi connectivity index (χ4v) is 3.79. The molecule has 0 bridgehead atoms. The number of rotatable bonds is 5. The molecule has 3 aromatic rings. The summed E-state index contributed by atoms with van der Waals surface area (Å²) in [5.41, 5.74) is 2.69. The smallest absolute Gasteiger partial charge is 0.224 e. The van der Waals surface area contributed by atoms with Crippen LogP contribution >= 0.6 is 0 Å². The predicted molar refractivity (Wildman–Crippen MR) is 111 cm³/mol. The molecule has 1 aromatic heterocycles. The number of anilines is 1. The predicted octanol–water partition coefficient (Wildman–Crippen LogP) is 4.83. The van der Waals surface area contributed by atoms with Crippen LogP contribution in [0, 0.1) is 18.6 Å². The van der Waals surface area contributed by atoms with Gasteiger partial charge in [0.05, 0.1) is 0 Å². The molecule has 1 amide bonds. The van der Waals surface area contributed by atoms with Crippen LogP contribution in [0.2, 0.25) is 0 Å². The molecule has 4 rings (SSSR count). The zero-order chi connectivity index (χ0) is 21.1. The Morgan fingerprint density at radius 1 is 1.10 bits per heavy atom. The van der Waals surface area contributed by atoms with Crippen molar-refractivity contribution in [3.8, 4) is 11.4 Å². The monoisotopic (exact) mass is 410 g/mol. The summed E-state index contributed by atoms with van der Waals surface area (Å²) >= 11 is 0. The molecule has 0 saturated heterocycles. The van der Waals surface area contributed by atoms with Crippen molar-refractivity contribution in [3.63, 3.8) is 0 Å². The number of aromatic nitrogens is 3. The Morgan fingerprint density at radius 2 is 1.97 bits per heavy atom. The Bertz CT molecular complexity index is 1080. The molecule has 0 radical (unpaired) electrons. The van der Waals surface area contributed by atoms with Crippen LogP contribution in [-0.2, 0) is 24.2 Å². The summed E-state index contributed by atoms with van der Waals surface area (Å²) in [5, 5.41) is 11.6. The van der Waals surface area contributed by atoms with Crippen molar-refractivity contribution in [2.24, 2.45) is 0 Å². The highest BCUT2D eigenvalue weighted by Gasteiger charge is 2.17. The van der Waals surface area contributed by atoms with Crippen LogP contribution in [0.5, 0.6) is 0 Å². The van der Waals surface area contributed by atoms with Gasteiger partial charge < -0.3 is 9.88 Å². The molecule has 0 atom stereocenters. The molecule has 5 nitrogen and oxygen atoms in total. The first-order valence-electron chi connectivity index (χ1n) is 10.3. The van der Waals surface area contributed by atoms with Crippen LogP contribution in [0.1, 0.15) is 42.6 Å². The molecule has 0 fully saturated rings. The summed E-state index contributed by atoms with van der Waals surface area (Å²) in [6, 6.07) is 9.10. The summed E-state index contributed by atoms with van der Waals surface area (Å²) in [4.78, 5) is 12.4. The topological polar surface area (TPSA) is 59.8 Å². The van der Waals surface area contributed by atoms with Crippen molar-refractivity contribution in [1.29, 1.82) is 0 Å². The summed E-state index contributed by atoms with van der Waals surface area (Å²) in [6.07, 6.45) is 4.53. The Labute approximate surface area is 174 Å². The van der Waals surface area contributed by atoms with E-state index in [1.165, 1.54) is 6.42 Å². The molecule has 30 heavy (non-hydrogen) atoms. The van der Waals surface area contributed by atoms with Gasteiger partial charge in [0.15, 0.2) is 5.82 Å². The molecule has 1 N–H and O–H groups in total. The van der Waals surface area contributed by atoms with E-state index in [1.807, 2.05) is 25.1 Å². The molecular weight excluding hydrogens is 386 g/mol. The fourth-order valence-electron chi connectivity index (χ4n) is 3.79. The third kappa shape index (κ3) is 4.40. The van der Waals surface area contributed by atoms with Gasteiger partial charge >= 0.3 is 0 Å². The van der Waals surface area contributed by atoms with Crippen molar-refractivity contribution in [2.45, 2.75) is 52.0 Å². The second kappa shape index (κ2) is 8.73. The van der Waals surface area contributed by atoms with Crippen LogP contribution in [0.4, 0.5) is 14.5 Å². The normalized spacial score (nSPS) is 13.6. The lowest BCUT2D eigenvalue weighted by Gasteiger charge is -2.12. The number of benzene rings is 2. The molecule has 0 saturated carbocycles. The van der Waals surface area contributed by atoms with Crippen molar-refractivity contribution in [2.75, 3.05) is 5.32 Å². The zero-order valence-corrected chi connectivity index (χ0v) is 16.9. The van der Waals surface area contributed by atoms with Gasteiger partial charge in [-0.1, -0.05) is 18.6 Å². The standard InChI is InChI=1S/C23H24F2N4O/c1-15-6-7-17(23-28-27-21-5-3-2-4-12-29(21)23)14-20(15)26-22(30)11-8-16-13-18(24)9-10-19(16)25/h6-7,9-10,13-14H,2-5,8,11-12H2,1H3,(H,26,30). The number of carbonyl (C=O) groups excluding carboxylic acids is 1. The average molecular weight is 410 g/mol. The highest BCUT2D eigenvalue weighted by molar-refractivity contribution is 5.92. The molecule has 1 aliphatic rings. The number of carbonyl (C=O) groups is 1. The molecule has 0 unspecified atom stereocenters. The first-order valence-corrected chi connectivity index (χ1v) is 10.3. The van der Waals surface area contributed by atoms with E-state index >= 15 is 0 Å². The summed E-state index contributed by atoms with van der Waals surface area (Å²) in [6.45, 7) is 2.81. The van der Waals surface area contributed by atoms with Crippen molar-refractivity contribution in [3.05, 3.63) is 65.0 Å². The second-order valence-electron chi connectivity index (χ2n) is 7.72. The van der Waals surface area contributed by atoms with Gasteiger partial charge in [0, 0.05) is 30.6 Å². The minimum Gasteiger partial charge on any atom is -0.326 e. The van der Waals surface area contributed by atoms with Gasteiger partial charge in [-0.25, -0.2) is 8.78 Å². The van der Waals surface area contributed by atoms with Gasteiger partial charge in [0.25, 0.3) is 0 Å². The lowest BCUT2D eigenvalue weighted by Crippen LogP contribution is -2.14. The van der Waals surface area contributed by atoms with Crippen LogP contribution in [-0.4, -0.2) is 20.7 Å². The Morgan fingerprint density at radius 3 is 2.83 bits per heavy atom. The minimum absolute atomic E-state index is 0.0599. The Balaban J connectivity index is 1.49. The van der Waals surface area contributed by atoms with E-state index in [2.05, 4.69) is 20.1 Å². The number of nitrogens with zero attached hydrogens (tertiary/aromatic N) is 3. The van der Waals surface area contributed by atoms with E-state index in [1.54, 1.807) is 0 Å².